The fraction of sp³-hybridized carbons (Fsp3) is 0.278. The van der Waals surface area contributed by atoms with E-state index < -0.39 is 5.91 Å². The Bertz CT molecular complexity index is 685. The molecule has 0 radical (unpaired) electrons. The van der Waals surface area contributed by atoms with Gasteiger partial charge in [0.15, 0.2) is 0 Å². The summed E-state index contributed by atoms with van der Waals surface area (Å²) in [5.41, 5.74) is 6.80. The van der Waals surface area contributed by atoms with Crippen LogP contribution in [0.2, 0.25) is 0 Å². The molecule has 5 nitrogen and oxygen atoms in total. The van der Waals surface area contributed by atoms with E-state index in [1.165, 1.54) is 36.0 Å². The Morgan fingerprint density at radius 1 is 1.08 bits per heavy atom. The molecule has 0 fully saturated rings. The third-order valence-electron chi connectivity index (χ3n) is 3.51. The number of amides is 1. The molecule has 3 N–H and O–H groups in total. The van der Waals surface area contributed by atoms with Gasteiger partial charge in [0.2, 0.25) is 5.91 Å². The number of hydrogen-bond donors (Lipinski definition) is 2. The van der Waals surface area contributed by atoms with Crippen molar-refractivity contribution in [3.63, 3.8) is 0 Å². The Hall–Kier alpha value is -1.93. The molecule has 0 aliphatic carbocycles. The lowest BCUT2D eigenvalue weighted by atomic mass is 10.1. The molecule has 2 aromatic rings. The van der Waals surface area contributed by atoms with E-state index in [4.69, 9.17) is 5.73 Å². The monoisotopic (exact) mass is 362 g/mol. The van der Waals surface area contributed by atoms with Crippen molar-refractivity contribution in [2.45, 2.75) is 18.1 Å². The van der Waals surface area contributed by atoms with Crippen LogP contribution in [0.15, 0.2) is 48.5 Å². The van der Waals surface area contributed by atoms with Crippen molar-refractivity contribution in [2.24, 2.45) is 5.73 Å². The maximum Gasteiger partial charge on any atom is 0.230 e. The minimum Gasteiger partial charge on any atom is -0.848 e. The smallest absolute Gasteiger partial charge is 0.230 e. The average Bonchev–Trinajstić information content (AvgIpc) is 2.56. The molecule has 0 aromatic heterocycles. The van der Waals surface area contributed by atoms with Crippen LogP contribution in [0.3, 0.4) is 0 Å². The number of carbonyl (C=O) groups is 1. The van der Waals surface area contributed by atoms with Gasteiger partial charge in [-0.2, -0.15) is 0 Å². The van der Waals surface area contributed by atoms with Gasteiger partial charge in [-0.1, -0.05) is 42.0 Å². The van der Waals surface area contributed by atoms with Gasteiger partial charge >= 0.3 is 0 Å². The highest BCUT2D eigenvalue weighted by atomic mass is 32.2. The first kappa shape index (κ1) is 19.4. The molecule has 0 spiro atoms. The number of rotatable bonds is 8. The van der Waals surface area contributed by atoms with Gasteiger partial charge in [0.05, 0.1) is 5.75 Å². The number of hydrogen-bond acceptors (Lipinski definition) is 5. The highest BCUT2D eigenvalue weighted by molar-refractivity contribution is 7.99. The summed E-state index contributed by atoms with van der Waals surface area (Å²) in [6.45, 7) is 0.456. The fourth-order valence-electron chi connectivity index (χ4n) is 2.14. The van der Waals surface area contributed by atoms with Crippen LogP contribution in [0.25, 0.3) is 0 Å². The van der Waals surface area contributed by atoms with Gasteiger partial charge in [0.25, 0.3) is 0 Å². The second-order valence-corrected chi connectivity index (χ2v) is 6.57. The van der Waals surface area contributed by atoms with Crippen LogP contribution in [-0.2, 0) is 22.9 Å². The Balaban J connectivity index is 1.65. The number of nitrogens with two attached hydrogens (primary N) is 1. The fourth-order valence-corrected chi connectivity index (χ4v) is 2.96. The zero-order chi connectivity index (χ0) is 18.3. The van der Waals surface area contributed by atoms with E-state index in [1.807, 2.05) is 0 Å². The maximum atomic E-state index is 12.8. The minimum absolute atomic E-state index is 0.0162. The molecule has 0 heterocycles. The third kappa shape index (κ3) is 6.83. The summed E-state index contributed by atoms with van der Waals surface area (Å²) >= 11 is 1.45. The van der Waals surface area contributed by atoms with Crippen molar-refractivity contribution in [3.05, 3.63) is 71.0 Å². The van der Waals surface area contributed by atoms with Crippen molar-refractivity contribution >= 4 is 17.7 Å². The summed E-state index contributed by atoms with van der Waals surface area (Å²) in [5.74, 6) is -2.24. The van der Waals surface area contributed by atoms with Crippen LogP contribution >= 0.6 is 11.8 Å². The predicted octanol–water partition coefficient (Wildman–Crippen LogP) is 0.207. The lowest BCUT2D eigenvalue weighted by molar-refractivity contribution is -0.734. The van der Waals surface area contributed by atoms with E-state index in [2.05, 4.69) is 5.32 Å². The molecule has 25 heavy (non-hydrogen) atoms. The molecule has 2 aromatic carbocycles. The van der Waals surface area contributed by atoms with Crippen molar-refractivity contribution in [2.75, 3.05) is 12.3 Å². The zero-order valence-corrected chi connectivity index (χ0v) is 14.4. The van der Waals surface area contributed by atoms with E-state index in [9.17, 15) is 19.4 Å². The first-order chi connectivity index (χ1) is 11.8. The van der Waals surface area contributed by atoms with Gasteiger partial charge in [-0.05, 0) is 29.7 Å². The minimum atomic E-state index is -2.84. The summed E-state index contributed by atoms with van der Waals surface area (Å²) in [6.07, 6.45) is 0.587. The van der Waals surface area contributed by atoms with Gasteiger partial charge in [0, 0.05) is 12.3 Å². The second-order valence-electron chi connectivity index (χ2n) is 5.58. The summed E-state index contributed by atoms with van der Waals surface area (Å²) in [6, 6.07) is 12.3. The van der Waals surface area contributed by atoms with E-state index in [0.29, 0.717) is 24.5 Å². The van der Waals surface area contributed by atoms with Crippen LogP contribution in [0.1, 0.15) is 16.7 Å². The highest BCUT2D eigenvalue weighted by Crippen LogP contribution is 2.12. The molecule has 0 saturated heterocycles. The molecular formula is C18H19FN2O3S-2. The van der Waals surface area contributed by atoms with E-state index in [-0.39, 0.29) is 17.3 Å². The van der Waals surface area contributed by atoms with Gasteiger partial charge in [0.1, 0.15) is 5.82 Å². The highest BCUT2D eigenvalue weighted by Gasteiger charge is 2.03. The predicted molar refractivity (Wildman–Crippen MR) is 91.6 cm³/mol. The average molecular weight is 362 g/mol. The first-order valence-corrected chi connectivity index (χ1v) is 8.88. The van der Waals surface area contributed by atoms with Gasteiger partial charge < -0.3 is 21.3 Å². The van der Waals surface area contributed by atoms with Crippen LogP contribution in [-0.4, -0.2) is 18.2 Å². The summed E-state index contributed by atoms with van der Waals surface area (Å²) in [7, 11) is 0. The van der Waals surface area contributed by atoms with E-state index in [0.717, 1.165) is 11.1 Å². The Kier molecular flexibility index (Phi) is 6.95. The molecule has 0 bridgehead atoms. The summed E-state index contributed by atoms with van der Waals surface area (Å²) in [4.78, 5) is 11.8. The lowest BCUT2D eigenvalue weighted by Gasteiger charge is -2.44. The molecule has 0 atom stereocenters. The SMILES string of the molecule is NC([O-])([O-])c1ccc(CCNC(=O)CSCc2ccc(F)cc2)cc1. The Morgan fingerprint density at radius 2 is 1.68 bits per heavy atom. The second kappa shape index (κ2) is 8.96. The number of carbonyl (C=O) groups excluding carboxylic acids is 1. The number of thioether (sulfide) groups is 1. The van der Waals surface area contributed by atoms with Crippen LogP contribution < -0.4 is 21.3 Å². The number of nitrogens with one attached hydrogen (secondary N) is 1. The molecule has 0 unspecified atom stereocenters. The molecule has 0 saturated carbocycles. The lowest BCUT2D eigenvalue weighted by Crippen LogP contribution is -2.60. The van der Waals surface area contributed by atoms with Crippen molar-refractivity contribution in [1.82, 2.24) is 5.32 Å². The number of halogens is 1. The van der Waals surface area contributed by atoms with E-state index >= 15 is 0 Å². The van der Waals surface area contributed by atoms with Crippen LogP contribution in [0.5, 0.6) is 0 Å². The van der Waals surface area contributed by atoms with E-state index in [1.54, 1.807) is 24.3 Å². The first-order valence-electron chi connectivity index (χ1n) is 7.72. The quantitative estimate of drug-likeness (QED) is 0.654. The molecule has 0 aliphatic rings. The number of benzene rings is 2. The molecule has 7 heteroatoms. The maximum absolute atomic E-state index is 12.8. The summed E-state index contributed by atoms with van der Waals surface area (Å²) < 4.78 is 12.8. The topological polar surface area (TPSA) is 101 Å². The molecule has 2 rings (SSSR count). The van der Waals surface area contributed by atoms with Crippen molar-refractivity contribution < 1.29 is 19.4 Å². The standard InChI is InChI=1S/C18H19FN2O3S/c19-16-7-3-14(4-8-16)11-25-12-17(22)21-10-9-13-1-5-15(6-2-13)18(20,23)24/h1-8H,9-12,20H2,(H,21,22)/q-2. The van der Waals surface area contributed by atoms with Crippen molar-refractivity contribution in [1.29, 1.82) is 0 Å². The van der Waals surface area contributed by atoms with Crippen LogP contribution in [0, 0.1) is 5.82 Å². The Morgan fingerprint density at radius 3 is 2.28 bits per heavy atom. The molecule has 134 valence electrons. The third-order valence-corrected chi connectivity index (χ3v) is 4.51. The molecular weight excluding hydrogens is 343 g/mol. The summed E-state index contributed by atoms with van der Waals surface area (Å²) in [5, 5.41) is 25.0. The molecule has 0 aliphatic heterocycles. The van der Waals surface area contributed by atoms with Gasteiger partial charge in [-0.3, -0.25) is 4.79 Å². The molecule has 1 amide bonds. The zero-order valence-electron chi connectivity index (χ0n) is 13.5. The van der Waals surface area contributed by atoms with Crippen LogP contribution in [0.4, 0.5) is 4.39 Å². The van der Waals surface area contributed by atoms with Crippen molar-refractivity contribution in [3.8, 4) is 0 Å². The van der Waals surface area contributed by atoms with Gasteiger partial charge in [-0.15, -0.1) is 17.7 Å². The largest absolute Gasteiger partial charge is 0.848 e. The normalized spacial score (nSPS) is 11.4. The van der Waals surface area contributed by atoms with Gasteiger partial charge in [-0.25, -0.2) is 4.39 Å². The Labute approximate surface area is 150 Å².